The third-order valence-electron chi connectivity index (χ3n) is 4.74. The third kappa shape index (κ3) is 3.66. The number of rotatable bonds is 5. The molecule has 0 aliphatic carbocycles. The lowest BCUT2D eigenvalue weighted by Crippen LogP contribution is -2.47. The van der Waals surface area contributed by atoms with Gasteiger partial charge in [-0.3, -0.25) is 9.59 Å². The van der Waals surface area contributed by atoms with Crippen LogP contribution in [0.2, 0.25) is 0 Å². The van der Waals surface area contributed by atoms with Crippen molar-refractivity contribution in [2.75, 3.05) is 18.2 Å². The Bertz CT molecular complexity index is 908. The highest BCUT2D eigenvalue weighted by molar-refractivity contribution is 8.00. The zero-order chi connectivity index (χ0) is 20.5. The molecule has 1 aromatic heterocycles. The van der Waals surface area contributed by atoms with E-state index in [1.54, 1.807) is 11.8 Å². The second-order valence-electron chi connectivity index (χ2n) is 6.87. The molecule has 1 fully saturated rings. The number of methoxy groups -OCH3 is 1. The van der Waals surface area contributed by atoms with Crippen molar-refractivity contribution in [2.24, 2.45) is 0 Å². The van der Waals surface area contributed by atoms with Crippen LogP contribution in [0.1, 0.15) is 29.1 Å². The molecule has 0 spiro atoms. The molecule has 2 aromatic rings. The van der Waals surface area contributed by atoms with Crippen molar-refractivity contribution in [1.29, 1.82) is 0 Å². The van der Waals surface area contributed by atoms with Crippen molar-refractivity contribution in [3.8, 4) is 11.1 Å². The van der Waals surface area contributed by atoms with Gasteiger partial charge < -0.3 is 15.0 Å². The van der Waals surface area contributed by atoms with Crippen molar-refractivity contribution in [2.45, 2.75) is 31.7 Å². The fourth-order valence-electron chi connectivity index (χ4n) is 3.29. The van der Waals surface area contributed by atoms with Crippen LogP contribution < -0.4 is 5.32 Å². The Morgan fingerprint density at radius 2 is 1.96 bits per heavy atom. The standard InChI is InChI=1S/C20H22N2O4S2/c1-12-15(13-8-6-5-7-9-13)16(19(25)26-4)18(28-12)21-17(24)14-10-27-20(2,3)22(14)11-23/h5-9,11,14H,10H2,1-4H3,(H,21,24). The van der Waals surface area contributed by atoms with Gasteiger partial charge in [0.05, 0.1) is 12.0 Å². The van der Waals surface area contributed by atoms with Gasteiger partial charge in [0.1, 0.15) is 16.6 Å². The maximum absolute atomic E-state index is 12.9. The number of ether oxygens (including phenoxy) is 1. The van der Waals surface area contributed by atoms with Gasteiger partial charge in [-0.15, -0.1) is 23.1 Å². The van der Waals surface area contributed by atoms with Crippen molar-refractivity contribution in [1.82, 2.24) is 4.90 Å². The first-order valence-electron chi connectivity index (χ1n) is 8.75. The molecular formula is C20H22N2O4S2. The van der Waals surface area contributed by atoms with E-state index in [1.807, 2.05) is 51.1 Å². The lowest BCUT2D eigenvalue weighted by atomic mass is 10.0. The molecule has 28 heavy (non-hydrogen) atoms. The number of hydrogen-bond donors (Lipinski definition) is 1. The van der Waals surface area contributed by atoms with E-state index in [2.05, 4.69) is 5.32 Å². The molecule has 1 aliphatic heterocycles. The summed E-state index contributed by atoms with van der Waals surface area (Å²) in [6, 6.07) is 8.93. The predicted molar refractivity (Wildman–Crippen MR) is 113 cm³/mol. The first-order chi connectivity index (χ1) is 13.3. The summed E-state index contributed by atoms with van der Waals surface area (Å²) in [5.41, 5.74) is 1.97. The molecule has 1 unspecified atom stereocenters. The average molecular weight is 419 g/mol. The number of hydrogen-bond acceptors (Lipinski definition) is 6. The highest BCUT2D eigenvalue weighted by Crippen LogP contribution is 2.42. The summed E-state index contributed by atoms with van der Waals surface area (Å²) in [6.45, 7) is 5.71. The van der Waals surface area contributed by atoms with E-state index in [0.29, 0.717) is 22.7 Å². The normalized spacial score (nSPS) is 18.0. The van der Waals surface area contributed by atoms with Gasteiger partial charge in [0.15, 0.2) is 0 Å². The molecule has 6 nitrogen and oxygen atoms in total. The summed E-state index contributed by atoms with van der Waals surface area (Å²) in [6.07, 6.45) is 0.709. The molecule has 8 heteroatoms. The third-order valence-corrected chi connectivity index (χ3v) is 7.16. The van der Waals surface area contributed by atoms with Crippen LogP contribution in [0.5, 0.6) is 0 Å². The van der Waals surface area contributed by atoms with E-state index in [1.165, 1.54) is 23.3 Å². The predicted octanol–water partition coefficient (Wildman–Crippen LogP) is 3.76. The molecular weight excluding hydrogens is 396 g/mol. The number of benzene rings is 1. The second kappa shape index (κ2) is 7.97. The summed E-state index contributed by atoms with van der Waals surface area (Å²) in [5.74, 6) is -0.316. The minimum Gasteiger partial charge on any atom is -0.465 e. The largest absolute Gasteiger partial charge is 0.465 e. The van der Waals surface area contributed by atoms with Gasteiger partial charge in [-0.1, -0.05) is 30.3 Å². The number of anilines is 1. The molecule has 0 bridgehead atoms. The highest BCUT2D eigenvalue weighted by atomic mass is 32.2. The van der Waals surface area contributed by atoms with Crippen molar-refractivity contribution >= 4 is 46.4 Å². The van der Waals surface area contributed by atoms with Crippen LogP contribution in [0.3, 0.4) is 0 Å². The monoisotopic (exact) mass is 418 g/mol. The lowest BCUT2D eigenvalue weighted by Gasteiger charge is -2.30. The SMILES string of the molecule is COC(=O)c1c(NC(=O)C2CSC(C)(C)N2C=O)sc(C)c1-c1ccccc1. The van der Waals surface area contributed by atoms with Gasteiger partial charge in [-0.25, -0.2) is 4.79 Å². The minimum atomic E-state index is -0.592. The highest BCUT2D eigenvalue weighted by Gasteiger charge is 2.43. The van der Waals surface area contributed by atoms with Gasteiger partial charge >= 0.3 is 5.97 Å². The molecule has 1 aromatic carbocycles. The number of carbonyl (C=O) groups is 3. The smallest absolute Gasteiger partial charge is 0.341 e. The Hall–Kier alpha value is -2.32. The van der Waals surface area contributed by atoms with Crippen LogP contribution in [0, 0.1) is 6.92 Å². The van der Waals surface area contributed by atoms with E-state index in [9.17, 15) is 14.4 Å². The van der Waals surface area contributed by atoms with E-state index >= 15 is 0 Å². The maximum Gasteiger partial charge on any atom is 0.341 e. The summed E-state index contributed by atoms with van der Waals surface area (Å²) >= 11 is 2.87. The fourth-order valence-corrected chi connectivity index (χ4v) is 5.56. The molecule has 2 heterocycles. The van der Waals surface area contributed by atoms with E-state index in [4.69, 9.17) is 4.74 Å². The Kier molecular flexibility index (Phi) is 5.81. The lowest BCUT2D eigenvalue weighted by molar-refractivity contribution is -0.130. The summed E-state index contributed by atoms with van der Waals surface area (Å²) in [4.78, 5) is 38.9. The Morgan fingerprint density at radius 1 is 1.29 bits per heavy atom. The molecule has 0 radical (unpaired) electrons. The van der Waals surface area contributed by atoms with Gasteiger partial charge in [0.25, 0.3) is 0 Å². The number of nitrogens with one attached hydrogen (secondary N) is 1. The number of aryl methyl sites for hydroxylation is 1. The van der Waals surface area contributed by atoms with Crippen LogP contribution in [0.25, 0.3) is 11.1 Å². The molecule has 148 valence electrons. The first-order valence-corrected chi connectivity index (χ1v) is 10.6. The van der Waals surface area contributed by atoms with E-state index in [0.717, 1.165) is 16.0 Å². The Balaban J connectivity index is 1.98. The first kappa shape index (κ1) is 20.4. The van der Waals surface area contributed by atoms with Gasteiger partial charge in [-0.05, 0) is 26.3 Å². The number of esters is 1. The van der Waals surface area contributed by atoms with E-state index < -0.39 is 16.9 Å². The second-order valence-corrected chi connectivity index (χ2v) is 9.72. The molecule has 2 amide bonds. The van der Waals surface area contributed by atoms with Gasteiger partial charge in [0.2, 0.25) is 12.3 Å². The zero-order valence-corrected chi connectivity index (χ0v) is 17.8. The maximum atomic E-state index is 12.9. The summed E-state index contributed by atoms with van der Waals surface area (Å²) in [7, 11) is 1.32. The van der Waals surface area contributed by atoms with Gasteiger partial charge in [-0.2, -0.15) is 0 Å². The minimum absolute atomic E-state index is 0.309. The Labute approximate surface area is 172 Å². The van der Waals surface area contributed by atoms with E-state index in [-0.39, 0.29) is 5.91 Å². The number of carbonyl (C=O) groups excluding carboxylic acids is 3. The summed E-state index contributed by atoms with van der Waals surface area (Å²) in [5, 5.41) is 3.30. The van der Waals surface area contributed by atoms with Crippen molar-refractivity contribution in [3.63, 3.8) is 0 Å². The Morgan fingerprint density at radius 3 is 2.57 bits per heavy atom. The fraction of sp³-hybridized carbons (Fsp3) is 0.350. The molecule has 1 aliphatic rings. The van der Waals surface area contributed by atoms with Crippen LogP contribution in [0.15, 0.2) is 30.3 Å². The van der Waals surface area contributed by atoms with Crippen LogP contribution in [0.4, 0.5) is 5.00 Å². The topological polar surface area (TPSA) is 75.7 Å². The van der Waals surface area contributed by atoms with Crippen LogP contribution >= 0.6 is 23.1 Å². The van der Waals surface area contributed by atoms with Crippen LogP contribution in [-0.2, 0) is 14.3 Å². The molecule has 0 saturated carbocycles. The zero-order valence-electron chi connectivity index (χ0n) is 16.1. The number of nitrogens with zero attached hydrogens (tertiary/aromatic N) is 1. The average Bonchev–Trinajstić information content (AvgIpc) is 3.16. The molecule has 3 rings (SSSR count). The molecule has 1 saturated heterocycles. The number of thiophene rings is 1. The molecule has 1 atom stereocenters. The quantitative estimate of drug-likeness (QED) is 0.591. The molecule has 1 N–H and O–H groups in total. The number of thioether (sulfide) groups is 1. The van der Waals surface area contributed by atoms with Crippen molar-refractivity contribution < 1.29 is 19.1 Å². The van der Waals surface area contributed by atoms with Crippen LogP contribution in [-0.4, -0.2) is 47.0 Å². The number of amides is 2. The van der Waals surface area contributed by atoms with Crippen molar-refractivity contribution in [3.05, 3.63) is 40.8 Å². The van der Waals surface area contributed by atoms with Gasteiger partial charge in [0, 0.05) is 16.2 Å². The summed E-state index contributed by atoms with van der Waals surface area (Å²) < 4.78 is 4.98.